The number of hydrogen-bond donors (Lipinski definition) is 0. The van der Waals surface area contributed by atoms with E-state index < -0.39 is 10.0 Å². The molecule has 0 unspecified atom stereocenters. The lowest BCUT2D eigenvalue weighted by atomic mass is 10.0. The average Bonchev–Trinajstić information content (AvgIpc) is 3.07. The van der Waals surface area contributed by atoms with Crippen molar-refractivity contribution in [3.8, 4) is 0 Å². The Labute approximate surface area is 158 Å². The van der Waals surface area contributed by atoms with Crippen molar-refractivity contribution in [3.63, 3.8) is 0 Å². The normalized spacial score (nSPS) is 21.7. The molecule has 3 rings (SSSR count). The molecule has 0 spiro atoms. The van der Waals surface area contributed by atoms with Gasteiger partial charge in [0.15, 0.2) is 0 Å². The third-order valence-corrected chi connectivity index (χ3v) is 7.51. The predicted molar refractivity (Wildman–Crippen MR) is 98.3 cm³/mol. The maximum Gasteiger partial charge on any atom is 0.246 e. The Morgan fingerprint density at radius 3 is 2.32 bits per heavy atom. The van der Waals surface area contributed by atoms with Gasteiger partial charge in [-0.2, -0.15) is 4.31 Å². The summed E-state index contributed by atoms with van der Waals surface area (Å²) < 4.78 is 27.0. The lowest BCUT2D eigenvalue weighted by Crippen LogP contribution is -2.50. The lowest BCUT2D eigenvalue weighted by molar-refractivity contribution is -0.133. The molecular weight excluding hydrogens is 383 g/mol. The second-order valence-corrected chi connectivity index (χ2v) is 8.99. The zero-order valence-corrected chi connectivity index (χ0v) is 16.0. The van der Waals surface area contributed by atoms with Gasteiger partial charge in [0.25, 0.3) is 0 Å². The number of sulfonamides is 1. The summed E-state index contributed by atoms with van der Waals surface area (Å²) in [6, 6.07) is 4.63. The van der Waals surface area contributed by atoms with E-state index in [1.165, 1.54) is 16.4 Å². The number of carbonyl (C=O) groups is 1. The van der Waals surface area contributed by atoms with Gasteiger partial charge in [-0.1, -0.05) is 41.4 Å². The summed E-state index contributed by atoms with van der Waals surface area (Å²) in [6.45, 7) is 1.26. The Bertz CT molecular complexity index is 767. The molecule has 2 aliphatic rings. The number of amides is 1. The standard InChI is InChI=1S/C17H20Cl2N2O3S/c18-14-6-3-7-15(19)17(14)25(23,24)21-10-8-20(9-11-21)16(22)12-13-4-1-2-5-13/h1,3-4,6-7,13H,2,5,8-12H2/t13-/m1/s1. The molecule has 0 aromatic heterocycles. The number of piperazine rings is 1. The molecule has 25 heavy (non-hydrogen) atoms. The van der Waals surface area contributed by atoms with Crippen LogP contribution >= 0.6 is 23.2 Å². The highest BCUT2D eigenvalue weighted by atomic mass is 35.5. The first-order chi connectivity index (χ1) is 11.9. The van der Waals surface area contributed by atoms with E-state index in [-0.39, 0.29) is 33.9 Å². The van der Waals surface area contributed by atoms with Crippen LogP contribution in [0.2, 0.25) is 10.0 Å². The van der Waals surface area contributed by atoms with Crippen LogP contribution in [0.15, 0.2) is 35.2 Å². The maximum absolute atomic E-state index is 12.8. The second-order valence-electron chi connectivity index (χ2n) is 6.31. The molecule has 0 radical (unpaired) electrons. The van der Waals surface area contributed by atoms with E-state index in [1.54, 1.807) is 11.0 Å². The molecule has 1 fully saturated rings. The van der Waals surface area contributed by atoms with Crippen LogP contribution in [0.4, 0.5) is 0 Å². The monoisotopic (exact) mass is 402 g/mol. The summed E-state index contributed by atoms with van der Waals surface area (Å²) in [4.78, 5) is 14.1. The maximum atomic E-state index is 12.8. The van der Waals surface area contributed by atoms with Gasteiger partial charge in [-0.3, -0.25) is 4.79 Å². The Kier molecular flexibility index (Phi) is 5.73. The summed E-state index contributed by atoms with van der Waals surface area (Å²) in [5, 5.41) is 0.220. The SMILES string of the molecule is O=C(C[C@@H]1C=CCC1)N1CCN(S(=O)(=O)c2c(Cl)cccc2Cl)CC1. The minimum absolute atomic E-state index is 0.0609. The van der Waals surface area contributed by atoms with Gasteiger partial charge in [0.1, 0.15) is 4.90 Å². The molecular formula is C17H20Cl2N2O3S. The van der Waals surface area contributed by atoms with Crippen molar-refractivity contribution >= 4 is 39.1 Å². The summed E-state index contributed by atoms with van der Waals surface area (Å²) in [5.74, 6) is 0.403. The highest BCUT2D eigenvalue weighted by Crippen LogP contribution is 2.32. The lowest BCUT2D eigenvalue weighted by Gasteiger charge is -2.34. The van der Waals surface area contributed by atoms with E-state index in [2.05, 4.69) is 12.2 Å². The Morgan fingerprint density at radius 1 is 1.12 bits per heavy atom. The van der Waals surface area contributed by atoms with Crippen LogP contribution in [0.25, 0.3) is 0 Å². The zero-order chi connectivity index (χ0) is 18.0. The van der Waals surface area contributed by atoms with Crippen LogP contribution < -0.4 is 0 Å². The number of hydrogen-bond acceptors (Lipinski definition) is 3. The van der Waals surface area contributed by atoms with Crippen molar-refractivity contribution in [3.05, 3.63) is 40.4 Å². The molecule has 1 amide bonds. The van der Waals surface area contributed by atoms with E-state index >= 15 is 0 Å². The van der Waals surface area contributed by atoms with Crippen LogP contribution in [0, 0.1) is 5.92 Å². The molecule has 1 aliphatic heterocycles. The predicted octanol–water partition coefficient (Wildman–Crippen LogP) is 3.18. The Morgan fingerprint density at radius 2 is 1.76 bits per heavy atom. The van der Waals surface area contributed by atoms with E-state index in [9.17, 15) is 13.2 Å². The summed E-state index contributed by atoms with van der Waals surface area (Å²) in [5.41, 5.74) is 0. The van der Waals surface area contributed by atoms with Gasteiger partial charge in [-0.25, -0.2) is 8.42 Å². The first-order valence-corrected chi connectivity index (χ1v) is 10.5. The smallest absolute Gasteiger partial charge is 0.246 e. The van der Waals surface area contributed by atoms with Gasteiger partial charge in [-0.05, 0) is 30.9 Å². The minimum atomic E-state index is -3.77. The van der Waals surface area contributed by atoms with Crippen molar-refractivity contribution in [2.24, 2.45) is 5.92 Å². The van der Waals surface area contributed by atoms with Crippen molar-refractivity contribution in [2.75, 3.05) is 26.2 Å². The molecule has 1 saturated heterocycles. The average molecular weight is 403 g/mol. The fourth-order valence-electron chi connectivity index (χ4n) is 3.25. The molecule has 1 aromatic carbocycles. The molecule has 5 nitrogen and oxygen atoms in total. The molecule has 1 aliphatic carbocycles. The van der Waals surface area contributed by atoms with Gasteiger partial charge >= 0.3 is 0 Å². The van der Waals surface area contributed by atoms with Crippen molar-refractivity contribution in [1.29, 1.82) is 0 Å². The third-order valence-electron chi connectivity index (χ3n) is 4.66. The van der Waals surface area contributed by atoms with Gasteiger partial charge in [0.05, 0.1) is 10.0 Å². The summed E-state index contributed by atoms with van der Waals surface area (Å²) in [6.07, 6.45) is 6.75. The molecule has 1 atom stereocenters. The van der Waals surface area contributed by atoms with Gasteiger partial charge in [0, 0.05) is 32.6 Å². The first kappa shape index (κ1) is 18.7. The zero-order valence-electron chi connectivity index (χ0n) is 13.7. The first-order valence-electron chi connectivity index (χ1n) is 8.28. The highest BCUT2D eigenvalue weighted by Gasteiger charge is 2.33. The van der Waals surface area contributed by atoms with Crippen molar-refractivity contribution in [2.45, 2.75) is 24.2 Å². The van der Waals surface area contributed by atoms with Gasteiger partial charge < -0.3 is 4.90 Å². The topological polar surface area (TPSA) is 57.7 Å². The fraction of sp³-hybridized carbons (Fsp3) is 0.471. The van der Waals surface area contributed by atoms with Crippen molar-refractivity contribution < 1.29 is 13.2 Å². The van der Waals surface area contributed by atoms with E-state index in [1.807, 2.05) is 0 Å². The second kappa shape index (κ2) is 7.66. The number of allylic oxidation sites excluding steroid dienone is 2. The van der Waals surface area contributed by atoms with E-state index in [4.69, 9.17) is 23.2 Å². The third kappa shape index (κ3) is 4.03. The molecule has 136 valence electrons. The quantitative estimate of drug-likeness (QED) is 0.726. The van der Waals surface area contributed by atoms with Crippen LogP contribution in [0.5, 0.6) is 0 Å². The number of carbonyl (C=O) groups excluding carboxylic acids is 1. The van der Waals surface area contributed by atoms with Crippen LogP contribution in [0.3, 0.4) is 0 Å². The van der Waals surface area contributed by atoms with E-state index in [0.717, 1.165) is 12.8 Å². The molecule has 1 aromatic rings. The number of halogens is 2. The number of benzene rings is 1. The summed E-state index contributed by atoms with van der Waals surface area (Å²) in [7, 11) is -3.77. The minimum Gasteiger partial charge on any atom is -0.340 e. The van der Waals surface area contributed by atoms with Crippen LogP contribution in [-0.4, -0.2) is 49.7 Å². The Balaban J connectivity index is 1.65. The fourth-order valence-corrected chi connectivity index (χ4v) is 5.77. The number of rotatable bonds is 4. The molecule has 0 saturated carbocycles. The Hall–Kier alpha value is -1.08. The molecule has 8 heteroatoms. The van der Waals surface area contributed by atoms with Crippen LogP contribution in [-0.2, 0) is 14.8 Å². The van der Waals surface area contributed by atoms with Crippen molar-refractivity contribution in [1.82, 2.24) is 9.21 Å². The van der Waals surface area contributed by atoms with E-state index in [0.29, 0.717) is 25.4 Å². The molecule has 1 heterocycles. The van der Waals surface area contributed by atoms with Crippen LogP contribution in [0.1, 0.15) is 19.3 Å². The number of nitrogens with zero attached hydrogens (tertiary/aromatic N) is 2. The summed E-state index contributed by atoms with van der Waals surface area (Å²) >= 11 is 12.1. The van der Waals surface area contributed by atoms with Gasteiger partial charge in [-0.15, -0.1) is 0 Å². The largest absolute Gasteiger partial charge is 0.340 e. The molecule has 0 N–H and O–H groups in total. The molecule has 0 bridgehead atoms. The highest BCUT2D eigenvalue weighted by molar-refractivity contribution is 7.89. The van der Waals surface area contributed by atoms with Gasteiger partial charge in [0.2, 0.25) is 15.9 Å².